The van der Waals surface area contributed by atoms with Gasteiger partial charge in [-0.2, -0.15) is 0 Å². The number of rotatable bonds is 5. The lowest BCUT2D eigenvalue weighted by molar-refractivity contribution is -0.384. The highest BCUT2D eigenvalue weighted by Gasteiger charge is 2.41. The molecule has 4 aromatic rings. The van der Waals surface area contributed by atoms with Gasteiger partial charge in [0.2, 0.25) is 0 Å². The zero-order valence-electron chi connectivity index (χ0n) is 22.4. The van der Waals surface area contributed by atoms with Crippen LogP contribution in [0.15, 0.2) is 84.4 Å². The Balaban J connectivity index is 1.64. The molecule has 2 amide bonds. The molecule has 0 spiro atoms. The summed E-state index contributed by atoms with van der Waals surface area (Å²) in [6, 6.07) is 22.7. The third-order valence-corrected chi connectivity index (χ3v) is 7.47. The Bertz CT molecular complexity index is 1720. The van der Waals surface area contributed by atoms with Crippen LogP contribution < -0.4 is 9.80 Å². The molecule has 0 bridgehead atoms. The summed E-state index contributed by atoms with van der Waals surface area (Å²) >= 11 is 5.73. The lowest BCUT2D eigenvalue weighted by Gasteiger charge is -2.36. The van der Waals surface area contributed by atoms with Crippen LogP contribution >= 0.6 is 12.2 Å². The van der Waals surface area contributed by atoms with Gasteiger partial charge in [0.15, 0.2) is 5.11 Å². The highest BCUT2D eigenvalue weighted by atomic mass is 32.1. The first-order valence-corrected chi connectivity index (χ1v) is 13.0. The monoisotopic (exact) mass is 550 g/mol. The number of benzene rings is 3. The average molecular weight is 551 g/mol. The fourth-order valence-electron chi connectivity index (χ4n) is 4.84. The Kier molecular flexibility index (Phi) is 6.91. The molecule has 1 fully saturated rings. The molecule has 1 aliphatic heterocycles. The van der Waals surface area contributed by atoms with Gasteiger partial charge in [-0.15, -0.1) is 0 Å². The van der Waals surface area contributed by atoms with Crippen molar-refractivity contribution in [2.45, 2.75) is 27.7 Å². The molecule has 1 aromatic heterocycles. The van der Waals surface area contributed by atoms with E-state index in [-0.39, 0.29) is 16.4 Å². The molecule has 0 saturated carbocycles. The maximum atomic E-state index is 14.0. The van der Waals surface area contributed by atoms with E-state index in [4.69, 9.17) is 12.2 Å². The number of thiocarbonyl (C=S) groups is 1. The lowest BCUT2D eigenvalue weighted by Crippen LogP contribution is -2.57. The number of hydrogen-bond donors (Lipinski definition) is 0. The molecule has 40 heavy (non-hydrogen) atoms. The van der Waals surface area contributed by atoms with Crippen LogP contribution in [0.2, 0.25) is 0 Å². The van der Waals surface area contributed by atoms with Crippen LogP contribution in [0.1, 0.15) is 28.1 Å². The summed E-state index contributed by atoms with van der Waals surface area (Å²) in [5, 5.41) is 11.2. The molecule has 0 atom stereocenters. The number of amides is 2. The van der Waals surface area contributed by atoms with Crippen molar-refractivity contribution in [1.29, 1.82) is 0 Å². The number of hydrogen-bond acceptors (Lipinski definition) is 5. The normalized spacial score (nSPS) is 14.8. The molecule has 1 aliphatic rings. The second kappa shape index (κ2) is 10.3. The number of carbonyl (C=O) groups is 2. The van der Waals surface area contributed by atoms with Gasteiger partial charge in [-0.25, -0.2) is 0 Å². The summed E-state index contributed by atoms with van der Waals surface area (Å²) in [5.41, 5.74) is 6.19. The maximum Gasteiger partial charge on any atom is 0.270 e. The molecule has 2 heterocycles. The van der Waals surface area contributed by atoms with Gasteiger partial charge >= 0.3 is 0 Å². The van der Waals surface area contributed by atoms with E-state index in [1.807, 2.05) is 74.7 Å². The second-order valence-corrected chi connectivity index (χ2v) is 10.0. The zero-order valence-corrected chi connectivity index (χ0v) is 23.2. The summed E-state index contributed by atoms with van der Waals surface area (Å²) in [4.78, 5) is 41.3. The second-order valence-electron chi connectivity index (χ2n) is 9.66. The van der Waals surface area contributed by atoms with E-state index < -0.39 is 16.7 Å². The van der Waals surface area contributed by atoms with Crippen LogP contribution in [0.3, 0.4) is 0 Å². The van der Waals surface area contributed by atoms with Gasteiger partial charge in [-0.05, 0) is 105 Å². The Labute approximate surface area is 236 Å². The van der Waals surface area contributed by atoms with E-state index in [2.05, 4.69) is 0 Å². The SMILES string of the molecule is Cc1ccc(N2C(=O)/C(=C/c3cc(C)n(-c4ccc([N+](=O)[O-])cc4)c3C)C(=O)N(c3ccccc3)C2=S)cc1C. The number of aromatic nitrogens is 1. The summed E-state index contributed by atoms with van der Waals surface area (Å²) < 4.78 is 1.93. The van der Waals surface area contributed by atoms with E-state index in [1.54, 1.807) is 30.3 Å². The van der Waals surface area contributed by atoms with Crippen LogP contribution in [0.5, 0.6) is 0 Å². The fraction of sp³-hybridized carbons (Fsp3) is 0.129. The summed E-state index contributed by atoms with van der Waals surface area (Å²) in [6.07, 6.45) is 1.60. The molecule has 200 valence electrons. The van der Waals surface area contributed by atoms with E-state index in [0.29, 0.717) is 16.9 Å². The number of aryl methyl sites for hydroxylation is 3. The molecule has 0 aliphatic carbocycles. The predicted octanol–water partition coefficient (Wildman–Crippen LogP) is 6.37. The van der Waals surface area contributed by atoms with Crippen molar-refractivity contribution in [3.63, 3.8) is 0 Å². The molecule has 0 radical (unpaired) electrons. The minimum absolute atomic E-state index is 0.00430. The molecular formula is C31H26N4O4S. The van der Waals surface area contributed by atoms with Gasteiger partial charge in [0.25, 0.3) is 17.5 Å². The Morgan fingerprint density at radius 3 is 1.95 bits per heavy atom. The summed E-state index contributed by atoms with van der Waals surface area (Å²) in [6.45, 7) is 7.72. The van der Waals surface area contributed by atoms with Crippen molar-refractivity contribution in [1.82, 2.24) is 4.57 Å². The summed E-state index contributed by atoms with van der Waals surface area (Å²) in [7, 11) is 0. The first kappa shape index (κ1) is 26.7. The van der Waals surface area contributed by atoms with Crippen LogP contribution in [-0.2, 0) is 9.59 Å². The molecular weight excluding hydrogens is 524 g/mol. The van der Waals surface area contributed by atoms with E-state index in [0.717, 1.165) is 28.2 Å². The van der Waals surface area contributed by atoms with Crippen molar-refractivity contribution in [2.24, 2.45) is 0 Å². The van der Waals surface area contributed by atoms with Gasteiger partial charge in [-0.3, -0.25) is 29.5 Å². The maximum absolute atomic E-state index is 14.0. The first-order chi connectivity index (χ1) is 19.1. The number of nitro benzene ring substituents is 1. The van der Waals surface area contributed by atoms with Gasteiger partial charge in [0.05, 0.1) is 16.3 Å². The van der Waals surface area contributed by atoms with Crippen LogP contribution in [-0.4, -0.2) is 26.4 Å². The zero-order chi connectivity index (χ0) is 28.7. The number of para-hydroxylation sites is 1. The van der Waals surface area contributed by atoms with Crippen LogP contribution in [0, 0.1) is 37.8 Å². The number of anilines is 2. The fourth-order valence-corrected chi connectivity index (χ4v) is 5.21. The van der Waals surface area contributed by atoms with Crippen molar-refractivity contribution >= 4 is 52.3 Å². The van der Waals surface area contributed by atoms with Crippen LogP contribution in [0.25, 0.3) is 11.8 Å². The lowest BCUT2D eigenvalue weighted by atomic mass is 10.0. The quantitative estimate of drug-likeness (QED) is 0.0948. The minimum Gasteiger partial charge on any atom is -0.318 e. The van der Waals surface area contributed by atoms with Crippen molar-refractivity contribution in [3.8, 4) is 5.69 Å². The largest absolute Gasteiger partial charge is 0.318 e. The highest BCUT2D eigenvalue weighted by Crippen LogP contribution is 2.32. The molecule has 0 unspecified atom stereocenters. The van der Waals surface area contributed by atoms with E-state index in [1.165, 1.54) is 21.9 Å². The van der Waals surface area contributed by atoms with Gasteiger partial charge in [0, 0.05) is 29.2 Å². The van der Waals surface area contributed by atoms with E-state index in [9.17, 15) is 19.7 Å². The molecule has 0 N–H and O–H groups in total. The first-order valence-electron chi connectivity index (χ1n) is 12.6. The van der Waals surface area contributed by atoms with E-state index >= 15 is 0 Å². The van der Waals surface area contributed by atoms with Crippen LogP contribution in [0.4, 0.5) is 17.1 Å². The van der Waals surface area contributed by atoms with Gasteiger partial charge in [-0.1, -0.05) is 24.3 Å². The number of nitrogens with zero attached hydrogens (tertiary/aromatic N) is 4. The smallest absolute Gasteiger partial charge is 0.270 e. The molecule has 8 nitrogen and oxygen atoms in total. The summed E-state index contributed by atoms with van der Waals surface area (Å²) in [5.74, 6) is -1.02. The number of carbonyl (C=O) groups excluding carboxylic acids is 2. The van der Waals surface area contributed by atoms with Gasteiger partial charge < -0.3 is 4.57 Å². The standard InChI is InChI=1S/C31H26N4O4S/c1-19-10-11-27(16-20(19)2)34-30(37)28(29(36)33(31(34)40)24-8-6-5-7-9-24)18-23-17-21(3)32(22(23)4)25-12-14-26(15-13-25)35(38)39/h5-18H,1-4H3/b28-18+. The highest BCUT2D eigenvalue weighted by molar-refractivity contribution is 7.81. The topological polar surface area (TPSA) is 88.7 Å². The van der Waals surface area contributed by atoms with Crippen molar-refractivity contribution in [2.75, 3.05) is 9.80 Å². The third kappa shape index (κ3) is 4.60. The average Bonchev–Trinajstić information content (AvgIpc) is 3.21. The Morgan fingerprint density at radius 1 is 0.750 bits per heavy atom. The molecule has 9 heteroatoms. The van der Waals surface area contributed by atoms with Crippen molar-refractivity contribution in [3.05, 3.63) is 123 Å². The number of non-ortho nitro benzene ring substituents is 1. The Hall–Kier alpha value is -4.89. The number of nitro groups is 1. The molecule has 3 aromatic carbocycles. The Morgan fingerprint density at radius 2 is 1.35 bits per heavy atom. The molecule has 1 saturated heterocycles. The third-order valence-electron chi connectivity index (χ3n) is 7.10. The predicted molar refractivity (Wildman–Crippen MR) is 160 cm³/mol. The van der Waals surface area contributed by atoms with Gasteiger partial charge in [0.1, 0.15) is 5.57 Å². The molecule has 5 rings (SSSR count). The van der Waals surface area contributed by atoms with Crippen molar-refractivity contribution < 1.29 is 14.5 Å². The minimum atomic E-state index is -0.513.